The van der Waals surface area contributed by atoms with E-state index in [2.05, 4.69) is 10.6 Å². The van der Waals surface area contributed by atoms with Crippen LogP contribution in [0, 0.1) is 20.2 Å². The van der Waals surface area contributed by atoms with Crippen molar-refractivity contribution in [1.29, 1.82) is 0 Å². The summed E-state index contributed by atoms with van der Waals surface area (Å²) in [5.41, 5.74) is 1.72. The number of non-ortho nitro benzene ring substituents is 2. The average molecular weight is 557 g/mol. The third-order valence-corrected chi connectivity index (χ3v) is 6.26. The van der Waals surface area contributed by atoms with Crippen molar-refractivity contribution in [2.75, 3.05) is 26.2 Å². The lowest BCUT2D eigenvalue weighted by Crippen LogP contribution is -2.40. The van der Waals surface area contributed by atoms with E-state index in [0.29, 0.717) is 39.3 Å². The van der Waals surface area contributed by atoms with Crippen LogP contribution in [-0.2, 0) is 13.1 Å². The number of nitro groups is 2. The maximum atomic E-state index is 12.6. The van der Waals surface area contributed by atoms with Gasteiger partial charge in [-0.15, -0.1) is 0 Å². The minimum Gasteiger partial charge on any atom is -0.338 e. The van der Waals surface area contributed by atoms with E-state index in [1.165, 1.54) is 24.3 Å². The number of benzene rings is 2. The third kappa shape index (κ3) is 11.3. The number of hydrogen-bond donors (Lipinski definition) is 2. The van der Waals surface area contributed by atoms with Crippen LogP contribution in [-0.4, -0.2) is 57.9 Å². The number of carbonyl (C=O) groups excluding carboxylic acids is 2. The lowest BCUT2D eigenvalue weighted by atomic mass is 10.2. The second-order valence-corrected chi connectivity index (χ2v) is 9.57. The molecule has 0 atom stereocenters. The van der Waals surface area contributed by atoms with Gasteiger partial charge in [-0.05, 0) is 36.8 Å². The fourth-order valence-corrected chi connectivity index (χ4v) is 4.15. The van der Waals surface area contributed by atoms with Gasteiger partial charge in [-0.2, -0.15) is 0 Å². The Morgan fingerprint density at radius 1 is 0.650 bits per heavy atom. The molecule has 2 rings (SSSR count). The first kappa shape index (κ1) is 32.0. The summed E-state index contributed by atoms with van der Waals surface area (Å²) in [4.78, 5) is 49.5. The van der Waals surface area contributed by atoms with Crippen molar-refractivity contribution in [3.63, 3.8) is 0 Å². The zero-order valence-electron chi connectivity index (χ0n) is 23.3. The molecule has 0 unspecified atom stereocenters. The molecule has 0 fully saturated rings. The first-order valence-electron chi connectivity index (χ1n) is 13.8. The van der Waals surface area contributed by atoms with Crippen molar-refractivity contribution in [2.45, 2.75) is 65.5 Å². The number of rotatable bonds is 17. The quantitative estimate of drug-likeness (QED) is 0.147. The van der Waals surface area contributed by atoms with Gasteiger partial charge in [-0.25, -0.2) is 9.59 Å². The summed E-state index contributed by atoms with van der Waals surface area (Å²) in [7, 11) is 0. The lowest BCUT2D eigenvalue weighted by Gasteiger charge is -2.23. The summed E-state index contributed by atoms with van der Waals surface area (Å²) in [6, 6.07) is 12.1. The highest BCUT2D eigenvalue weighted by Crippen LogP contribution is 2.15. The molecule has 2 N–H and O–H groups in total. The molecule has 0 radical (unpaired) electrons. The number of nitrogens with one attached hydrogen (secondary N) is 2. The van der Waals surface area contributed by atoms with Crippen molar-refractivity contribution >= 4 is 23.4 Å². The fourth-order valence-electron chi connectivity index (χ4n) is 4.15. The van der Waals surface area contributed by atoms with Crippen molar-refractivity contribution in [1.82, 2.24) is 20.4 Å². The summed E-state index contributed by atoms with van der Waals surface area (Å²) in [5.74, 6) is 0. The highest BCUT2D eigenvalue weighted by atomic mass is 16.6. The molecule has 0 aliphatic carbocycles. The summed E-state index contributed by atoms with van der Waals surface area (Å²) in [6.45, 7) is 7.02. The Kier molecular flexibility index (Phi) is 13.9. The van der Waals surface area contributed by atoms with Gasteiger partial charge in [0.1, 0.15) is 0 Å². The number of carbonyl (C=O) groups is 2. The van der Waals surface area contributed by atoms with Gasteiger partial charge in [0.05, 0.1) is 9.85 Å². The number of amides is 4. The Hall–Kier alpha value is -4.22. The molecule has 2 aromatic carbocycles. The Morgan fingerprint density at radius 2 is 1.00 bits per heavy atom. The molecule has 40 heavy (non-hydrogen) atoms. The Balaban J connectivity index is 1.65. The van der Waals surface area contributed by atoms with Crippen molar-refractivity contribution in [3.8, 4) is 0 Å². The van der Waals surface area contributed by atoms with Crippen LogP contribution in [0.4, 0.5) is 21.0 Å². The average Bonchev–Trinajstić information content (AvgIpc) is 2.94. The molecule has 0 saturated heterocycles. The Morgan fingerprint density at radius 3 is 1.30 bits per heavy atom. The predicted molar refractivity (Wildman–Crippen MR) is 153 cm³/mol. The summed E-state index contributed by atoms with van der Waals surface area (Å²) < 4.78 is 0. The molecule has 0 aliphatic rings. The molecular formula is C28H40N6O6. The van der Waals surface area contributed by atoms with Crippen LogP contribution in [0.25, 0.3) is 0 Å². The summed E-state index contributed by atoms with van der Waals surface area (Å²) >= 11 is 0. The zero-order valence-corrected chi connectivity index (χ0v) is 23.3. The van der Waals surface area contributed by atoms with Crippen LogP contribution in [0.2, 0.25) is 0 Å². The summed E-state index contributed by atoms with van der Waals surface area (Å²) in [6.07, 6.45) is 5.06. The van der Waals surface area contributed by atoms with E-state index in [4.69, 9.17) is 0 Å². The Labute approximate surface area is 235 Å². The number of nitro benzene ring substituents is 2. The van der Waals surface area contributed by atoms with E-state index in [1.54, 1.807) is 34.1 Å². The van der Waals surface area contributed by atoms with Crippen LogP contribution < -0.4 is 10.6 Å². The second-order valence-electron chi connectivity index (χ2n) is 9.57. The van der Waals surface area contributed by atoms with Crippen LogP contribution in [0.5, 0.6) is 0 Å². The number of unbranched alkanes of at least 4 members (excludes halogenated alkanes) is 3. The van der Waals surface area contributed by atoms with Crippen LogP contribution in [0.3, 0.4) is 0 Å². The first-order valence-corrected chi connectivity index (χ1v) is 13.8. The Bertz CT molecular complexity index is 1010. The minimum absolute atomic E-state index is 0.0235. The fraction of sp³-hybridized carbons (Fsp3) is 0.500. The second kappa shape index (κ2) is 17.4. The molecule has 0 saturated carbocycles. The van der Waals surface area contributed by atoms with Gasteiger partial charge in [0.2, 0.25) is 0 Å². The maximum absolute atomic E-state index is 12.6. The van der Waals surface area contributed by atoms with Crippen LogP contribution in [0.1, 0.15) is 63.5 Å². The normalized spacial score (nSPS) is 10.6. The predicted octanol–water partition coefficient (Wildman–Crippen LogP) is 5.61. The molecule has 4 amide bonds. The largest absolute Gasteiger partial charge is 0.338 e. The van der Waals surface area contributed by atoms with E-state index in [-0.39, 0.29) is 23.4 Å². The molecule has 218 valence electrons. The summed E-state index contributed by atoms with van der Waals surface area (Å²) in [5, 5.41) is 27.6. The van der Waals surface area contributed by atoms with E-state index >= 15 is 0 Å². The minimum atomic E-state index is -0.445. The molecule has 0 aromatic heterocycles. The van der Waals surface area contributed by atoms with E-state index in [0.717, 1.165) is 49.7 Å². The molecule has 0 spiro atoms. The van der Waals surface area contributed by atoms with Crippen molar-refractivity contribution in [3.05, 3.63) is 79.9 Å². The van der Waals surface area contributed by atoms with Crippen molar-refractivity contribution < 1.29 is 19.4 Å². The number of urea groups is 2. The number of hydrogen-bond acceptors (Lipinski definition) is 6. The zero-order chi connectivity index (χ0) is 29.3. The maximum Gasteiger partial charge on any atom is 0.317 e. The van der Waals surface area contributed by atoms with Gasteiger partial charge in [0, 0.05) is 63.5 Å². The monoisotopic (exact) mass is 556 g/mol. The third-order valence-electron chi connectivity index (χ3n) is 6.26. The smallest absolute Gasteiger partial charge is 0.317 e. The van der Waals surface area contributed by atoms with E-state index in [9.17, 15) is 29.8 Å². The molecular weight excluding hydrogens is 516 g/mol. The van der Waals surface area contributed by atoms with Gasteiger partial charge < -0.3 is 20.4 Å². The highest BCUT2D eigenvalue weighted by molar-refractivity contribution is 5.74. The molecule has 2 aromatic rings. The molecule has 0 bridgehead atoms. The standard InChI is InChI=1S/C28H40N6O6/c1-3-19-31(21-23-9-13-25(14-10-23)33(37)38)27(35)29-17-7-5-6-8-18-30-28(36)32(20-4-2)22-24-11-15-26(16-12-24)34(39)40/h9-16H,3-8,17-22H2,1-2H3,(H,29,35)(H,30,36). The number of nitrogens with zero attached hydrogens (tertiary/aromatic N) is 4. The molecule has 12 heteroatoms. The first-order chi connectivity index (χ1) is 19.2. The van der Waals surface area contributed by atoms with E-state index < -0.39 is 9.85 Å². The van der Waals surface area contributed by atoms with Crippen LogP contribution in [0.15, 0.2) is 48.5 Å². The van der Waals surface area contributed by atoms with Gasteiger partial charge in [-0.1, -0.05) is 51.0 Å². The van der Waals surface area contributed by atoms with Gasteiger partial charge in [-0.3, -0.25) is 20.2 Å². The van der Waals surface area contributed by atoms with E-state index in [1.807, 2.05) is 13.8 Å². The van der Waals surface area contributed by atoms with Crippen molar-refractivity contribution in [2.24, 2.45) is 0 Å². The lowest BCUT2D eigenvalue weighted by molar-refractivity contribution is -0.385. The topological polar surface area (TPSA) is 151 Å². The SMILES string of the molecule is CCCN(Cc1ccc([N+](=O)[O-])cc1)C(=O)NCCCCCCNC(=O)N(CCC)Cc1ccc([N+](=O)[O-])cc1. The van der Waals surface area contributed by atoms with Gasteiger partial charge in [0.15, 0.2) is 0 Å². The highest BCUT2D eigenvalue weighted by Gasteiger charge is 2.15. The molecule has 12 nitrogen and oxygen atoms in total. The van der Waals surface area contributed by atoms with Crippen LogP contribution >= 0.6 is 0 Å². The molecule has 0 aliphatic heterocycles. The molecule has 0 heterocycles. The van der Waals surface area contributed by atoms with Gasteiger partial charge in [0.25, 0.3) is 11.4 Å². The van der Waals surface area contributed by atoms with Gasteiger partial charge >= 0.3 is 12.1 Å².